The number of hydrogen-bond acceptors (Lipinski definition) is 4. The fourth-order valence-electron chi connectivity index (χ4n) is 2.86. The normalized spacial score (nSPS) is 10.8. The monoisotopic (exact) mass is 408 g/mol. The van der Waals surface area contributed by atoms with Crippen molar-refractivity contribution in [2.75, 3.05) is 5.32 Å². The van der Waals surface area contributed by atoms with Crippen LogP contribution in [0.2, 0.25) is 5.02 Å². The summed E-state index contributed by atoms with van der Waals surface area (Å²) in [6.07, 6.45) is 3.65. The van der Waals surface area contributed by atoms with Gasteiger partial charge in [-0.1, -0.05) is 23.7 Å². The molecule has 0 bridgehead atoms. The number of carbonyl (C=O) groups is 1. The van der Waals surface area contributed by atoms with E-state index in [0.717, 1.165) is 22.3 Å². The molecule has 2 aromatic carbocycles. The van der Waals surface area contributed by atoms with Gasteiger partial charge in [-0.3, -0.25) is 9.78 Å². The predicted molar refractivity (Wildman–Crippen MR) is 115 cm³/mol. The number of thiophene rings is 1. The number of aryl methyl sites for hydroxylation is 1. The van der Waals surface area contributed by atoms with Gasteiger partial charge in [-0.2, -0.15) is 0 Å². The third-order valence-corrected chi connectivity index (χ3v) is 5.62. The minimum absolute atomic E-state index is 0.216. The van der Waals surface area contributed by atoms with Crippen molar-refractivity contribution in [1.29, 1.82) is 0 Å². The van der Waals surface area contributed by atoms with Crippen molar-refractivity contribution in [2.45, 2.75) is 13.5 Å². The van der Waals surface area contributed by atoms with E-state index in [1.165, 1.54) is 4.70 Å². The number of amides is 1. The van der Waals surface area contributed by atoms with E-state index >= 15 is 0 Å². The molecule has 4 nitrogen and oxygen atoms in total. The van der Waals surface area contributed by atoms with Gasteiger partial charge in [0.25, 0.3) is 5.91 Å². The third kappa shape index (κ3) is 4.01. The van der Waals surface area contributed by atoms with Crippen molar-refractivity contribution in [1.82, 2.24) is 4.98 Å². The van der Waals surface area contributed by atoms with Crippen LogP contribution in [0.1, 0.15) is 21.5 Å². The summed E-state index contributed by atoms with van der Waals surface area (Å²) < 4.78 is 7.23. The van der Waals surface area contributed by atoms with Crippen LogP contribution in [0, 0.1) is 6.92 Å². The summed E-state index contributed by atoms with van der Waals surface area (Å²) in [5, 5.41) is 6.61. The highest BCUT2D eigenvalue weighted by Crippen LogP contribution is 2.28. The van der Waals surface area contributed by atoms with Crippen LogP contribution in [-0.2, 0) is 6.61 Å². The Labute approximate surface area is 171 Å². The molecule has 0 saturated heterocycles. The first kappa shape index (κ1) is 18.5. The van der Waals surface area contributed by atoms with Gasteiger partial charge in [0.05, 0.1) is 0 Å². The van der Waals surface area contributed by atoms with Gasteiger partial charge >= 0.3 is 0 Å². The first-order chi connectivity index (χ1) is 13.6. The number of hydrogen-bond donors (Lipinski definition) is 1. The lowest BCUT2D eigenvalue weighted by Crippen LogP contribution is -2.12. The van der Waals surface area contributed by atoms with Crippen LogP contribution in [0.5, 0.6) is 5.75 Å². The summed E-state index contributed by atoms with van der Waals surface area (Å²) in [6, 6.07) is 14.5. The largest absolute Gasteiger partial charge is 0.489 e. The number of benzene rings is 2. The summed E-state index contributed by atoms with van der Waals surface area (Å²) in [6.45, 7) is 2.42. The van der Waals surface area contributed by atoms with Gasteiger partial charge in [-0.25, -0.2) is 0 Å². The molecule has 6 heteroatoms. The minimum Gasteiger partial charge on any atom is -0.489 e. The summed E-state index contributed by atoms with van der Waals surface area (Å²) in [4.78, 5) is 16.6. The molecule has 4 aromatic rings. The van der Waals surface area contributed by atoms with Crippen LogP contribution in [0.4, 0.5) is 5.69 Å². The van der Waals surface area contributed by atoms with Crippen molar-refractivity contribution < 1.29 is 9.53 Å². The van der Waals surface area contributed by atoms with Gasteiger partial charge in [0.15, 0.2) is 0 Å². The van der Waals surface area contributed by atoms with E-state index in [9.17, 15) is 4.79 Å². The number of rotatable bonds is 5. The van der Waals surface area contributed by atoms with Gasteiger partial charge in [0.1, 0.15) is 12.4 Å². The fourth-order valence-corrected chi connectivity index (χ4v) is 3.96. The molecule has 2 aromatic heterocycles. The average Bonchev–Trinajstić information content (AvgIpc) is 3.11. The van der Waals surface area contributed by atoms with Crippen LogP contribution in [0.25, 0.3) is 10.1 Å². The Balaban J connectivity index is 1.50. The molecule has 0 aliphatic carbocycles. The maximum absolute atomic E-state index is 12.4. The quantitative estimate of drug-likeness (QED) is 0.434. The summed E-state index contributed by atoms with van der Waals surface area (Å²) >= 11 is 7.64. The third-order valence-electron chi connectivity index (χ3n) is 4.37. The Morgan fingerprint density at radius 2 is 2.11 bits per heavy atom. The van der Waals surface area contributed by atoms with E-state index in [-0.39, 0.29) is 5.91 Å². The molecular weight excluding hydrogens is 392 g/mol. The molecule has 0 radical (unpaired) electrons. The number of halogens is 1. The molecule has 0 aliphatic rings. The first-order valence-electron chi connectivity index (χ1n) is 8.70. The Morgan fingerprint density at radius 1 is 1.21 bits per heavy atom. The lowest BCUT2D eigenvalue weighted by Gasteiger charge is -2.12. The Kier molecular flexibility index (Phi) is 5.28. The SMILES string of the molecule is Cc1ccc(NC(=O)c2cccc(Cl)c2)cc1OCc1csc2ccncc12. The minimum atomic E-state index is -0.216. The molecular formula is C22H17ClN2O2S. The molecule has 28 heavy (non-hydrogen) atoms. The van der Waals surface area contributed by atoms with Gasteiger partial charge in [0.2, 0.25) is 0 Å². The van der Waals surface area contributed by atoms with Crippen molar-refractivity contribution in [2.24, 2.45) is 0 Å². The van der Waals surface area contributed by atoms with Gasteiger partial charge in [0, 0.05) is 50.4 Å². The number of nitrogens with zero attached hydrogens (tertiary/aromatic N) is 1. The topological polar surface area (TPSA) is 51.2 Å². The molecule has 0 saturated carbocycles. The van der Waals surface area contributed by atoms with Crippen LogP contribution in [0.3, 0.4) is 0 Å². The average molecular weight is 409 g/mol. The Hall–Kier alpha value is -2.89. The lowest BCUT2D eigenvalue weighted by atomic mass is 10.1. The highest BCUT2D eigenvalue weighted by Gasteiger charge is 2.10. The molecule has 140 valence electrons. The second kappa shape index (κ2) is 8.00. The van der Waals surface area contributed by atoms with Crippen molar-refractivity contribution in [3.8, 4) is 5.75 Å². The standard InChI is InChI=1S/C22H17ClN2O2S/c1-14-5-6-18(25-22(26)15-3-2-4-17(23)9-15)10-20(14)27-12-16-13-28-21-7-8-24-11-19(16)21/h2-11,13H,12H2,1H3,(H,25,26). The number of nitrogens with one attached hydrogen (secondary N) is 1. The predicted octanol–water partition coefficient (Wildman–Crippen LogP) is 6.09. The highest BCUT2D eigenvalue weighted by atomic mass is 35.5. The molecule has 2 heterocycles. The van der Waals surface area contributed by atoms with Crippen molar-refractivity contribution >= 4 is 44.6 Å². The summed E-state index contributed by atoms with van der Waals surface area (Å²) in [7, 11) is 0. The molecule has 1 N–H and O–H groups in total. The lowest BCUT2D eigenvalue weighted by molar-refractivity contribution is 0.102. The zero-order chi connectivity index (χ0) is 19.5. The van der Waals surface area contributed by atoms with Crippen LogP contribution >= 0.6 is 22.9 Å². The van der Waals surface area contributed by atoms with Crippen LogP contribution in [-0.4, -0.2) is 10.9 Å². The zero-order valence-corrected chi connectivity index (χ0v) is 16.7. The van der Waals surface area contributed by atoms with E-state index in [2.05, 4.69) is 15.7 Å². The number of carbonyl (C=O) groups excluding carboxylic acids is 1. The molecule has 0 spiro atoms. The first-order valence-corrected chi connectivity index (χ1v) is 9.96. The molecule has 4 rings (SSSR count). The van der Waals surface area contributed by atoms with Gasteiger partial charge in [-0.15, -0.1) is 11.3 Å². The Bertz CT molecular complexity index is 1160. The molecule has 0 fully saturated rings. The number of anilines is 1. The maximum atomic E-state index is 12.4. The number of aromatic nitrogens is 1. The second-order valence-corrected chi connectivity index (χ2v) is 7.71. The zero-order valence-electron chi connectivity index (χ0n) is 15.1. The second-order valence-electron chi connectivity index (χ2n) is 6.37. The summed E-state index contributed by atoms with van der Waals surface area (Å²) in [5.74, 6) is 0.513. The molecule has 0 aliphatic heterocycles. The van der Waals surface area contributed by atoms with E-state index in [1.807, 2.05) is 37.4 Å². The number of ether oxygens (including phenoxy) is 1. The number of pyridine rings is 1. The number of fused-ring (bicyclic) bond motifs is 1. The van der Waals surface area contributed by atoms with Crippen LogP contribution < -0.4 is 10.1 Å². The molecule has 1 amide bonds. The Morgan fingerprint density at radius 3 is 2.96 bits per heavy atom. The summed E-state index contributed by atoms with van der Waals surface area (Å²) in [5.41, 5.74) is 3.27. The molecule has 0 atom stereocenters. The van der Waals surface area contributed by atoms with Crippen LogP contribution in [0.15, 0.2) is 66.3 Å². The van der Waals surface area contributed by atoms with E-state index in [1.54, 1.807) is 41.8 Å². The van der Waals surface area contributed by atoms with E-state index in [4.69, 9.17) is 16.3 Å². The van der Waals surface area contributed by atoms with E-state index < -0.39 is 0 Å². The molecule has 0 unspecified atom stereocenters. The van der Waals surface area contributed by atoms with Gasteiger partial charge < -0.3 is 10.1 Å². The van der Waals surface area contributed by atoms with Crippen molar-refractivity contribution in [3.05, 3.63) is 88.0 Å². The smallest absolute Gasteiger partial charge is 0.255 e. The van der Waals surface area contributed by atoms with E-state index in [0.29, 0.717) is 22.9 Å². The maximum Gasteiger partial charge on any atom is 0.255 e. The van der Waals surface area contributed by atoms with Gasteiger partial charge in [-0.05, 0) is 48.2 Å². The van der Waals surface area contributed by atoms with Crippen molar-refractivity contribution in [3.63, 3.8) is 0 Å². The highest BCUT2D eigenvalue weighted by molar-refractivity contribution is 7.17. The fraction of sp³-hybridized carbons (Fsp3) is 0.0909.